The fourth-order valence-corrected chi connectivity index (χ4v) is 3.00. The standard InChI is InChI=1S/C20H23N3O2/c1-23(17-10-3-2-4-11-17)20(25)15-8-7-9-16(14-15)22-19(24)18-12-5-6-13-21-18/h2-4,7-11,14,18,21H,5-6,12-13H2,1H3,(H,22,24). The first-order chi connectivity index (χ1) is 12.1. The minimum absolute atomic E-state index is 0.0410. The van der Waals surface area contributed by atoms with Gasteiger partial charge in [-0.25, -0.2) is 0 Å². The monoisotopic (exact) mass is 337 g/mol. The molecule has 1 aliphatic heterocycles. The molecule has 0 aromatic heterocycles. The Morgan fingerprint density at radius 2 is 1.88 bits per heavy atom. The Hall–Kier alpha value is -2.66. The second kappa shape index (κ2) is 7.94. The van der Waals surface area contributed by atoms with Crippen LogP contribution in [0.25, 0.3) is 0 Å². The van der Waals surface area contributed by atoms with Crippen molar-refractivity contribution < 1.29 is 9.59 Å². The fraction of sp³-hybridized carbons (Fsp3) is 0.300. The molecule has 1 fully saturated rings. The number of hydrogen-bond donors (Lipinski definition) is 2. The van der Waals surface area contributed by atoms with Crippen LogP contribution in [0, 0.1) is 0 Å². The van der Waals surface area contributed by atoms with E-state index in [-0.39, 0.29) is 17.9 Å². The van der Waals surface area contributed by atoms with Gasteiger partial charge in [0.15, 0.2) is 0 Å². The van der Waals surface area contributed by atoms with Gasteiger partial charge in [0, 0.05) is 24.0 Å². The van der Waals surface area contributed by atoms with Crippen molar-refractivity contribution in [1.29, 1.82) is 0 Å². The van der Waals surface area contributed by atoms with Gasteiger partial charge in [-0.3, -0.25) is 9.59 Å². The van der Waals surface area contributed by atoms with Crippen molar-refractivity contribution in [3.63, 3.8) is 0 Å². The molecule has 2 amide bonds. The lowest BCUT2D eigenvalue weighted by atomic mass is 10.0. The number of anilines is 2. The molecule has 5 heteroatoms. The van der Waals surface area contributed by atoms with E-state index in [0.29, 0.717) is 11.3 Å². The van der Waals surface area contributed by atoms with Crippen LogP contribution in [0.1, 0.15) is 29.6 Å². The Balaban J connectivity index is 1.70. The molecule has 0 radical (unpaired) electrons. The maximum absolute atomic E-state index is 12.7. The van der Waals surface area contributed by atoms with E-state index in [1.54, 1.807) is 36.2 Å². The molecule has 2 N–H and O–H groups in total. The van der Waals surface area contributed by atoms with Crippen molar-refractivity contribution in [3.8, 4) is 0 Å². The zero-order valence-electron chi connectivity index (χ0n) is 14.4. The number of amides is 2. The summed E-state index contributed by atoms with van der Waals surface area (Å²) in [7, 11) is 1.74. The number of para-hydroxylation sites is 1. The quantitative estimate of drug-likeness (QED) is 0.901. The van der Waals surface area contributed by atoms with E-state index >= 15 is 0 Å². The molecule has 1 unspecified atom stereocenters. The minimum atomic E-state index is -0.153. The number of nitrogens with one attached hydrogen (secondary N) is 2. The summed E-state index contributed by atoms with van der Waals surface area (Å²) in [6, 6.07) is 16.4. The lowest BCUT2D eigenvalue weighted by molar-refractivity contribution is -0.118. The van der Waals surface area contributed by atoms with Gasteiger partial charge in [-0.05, 0) is 49.7 Å². The highest BCUT2D eigenvalue weighted by atomic mass is 16.2. The third-order valence-corrected chi connectivity index (χ3v) is 4.45. The highest BCUT2D eigenvalue weighted by Crippen LogP contribution is 2.18. The first-order valence-electron chi connectivity index (χ1n) is 8.62. The summed E-state index contributed by atoms with van der Waals surface area (Å²) < 4.78 is 0. The Labute approximate surface area is 148 Å². The van der Waals surface area contributed by atoms with Crippen molar-refractivity contribution in [2.24, 2.45) is 0 Å². The largest absolute Gasteiger partial charge is 0.325 e. The Morgan fingerprint density at radius 1 is 1.08 bits per heavy atom. The molecule has 2 aromatic carbocycles. The number of nitrogens with zero attached hydrogens (tertiary/aromatic N) is 1. The summed E-state index contributed by atoms with van der Waals surface area (Å²) >= 11 is 0. The fourth-order valence-electron chi connectivity index (χ4n) is 3.00. The van der Waals surface area contributed by atoms with Crippen LogP contribution in [-0.4, -0.2) is 31.4 Å². The summed E-state index contributed by atoms with van der Waals surface area (Å²) in [5.74, 6) is -0.154. The highest BCUT2D eigenvalue weighted by Gasteiger charge is 2.21. The summed E-state index contributed by atoms with van der Waals surface area (Å²) in [6.45, 7) is 0.873. The van der Waals surface area contributed by atoms with Gasteiger partial charge in [0.25, 0.3) is 5.91 Å². The predicted molar refractivity (Wildman–Crippen MR) is 99.9 cm³/mol. The van der Waals surface area contributed by atoms with Crippen LogP contribution in [0.2, 0.25) is 0 Å². The number of carbonyl (C=O) groups is 2. The van der Waals surface area contributed by atoms with Gasteiger partial charge in [0.2, 0.25) is 5.91 Å². The molecular formula is C20H23N3O2. The predicted octanol–water partition coefficient (Wildman–Crippen LogP) is 3.04. The maximum atomic E-state index is 12.7. The summed E-state index contributed by atoms with van der Waals surface area (Å²) in [6.07, 6.45) is 3.02. The number of benzene rings is 2. The second-order valence-corrected chi connectivity index (χ2v) is 6.27. The summed E-state index contributed by atoms with van der Waals surface area (Å²) in [5, 5.41) is 6.14. The lowest BCUT2D eigenvalue weighted by Crippen LogP contribution is -2.43. The SMILES string of the molecule is CN(C(=O)c1cccc(NC(=O)C2CCCCN2)c1)c1ccccc1. The molecule has 25 heavy (non-hydrogen) atoms. The van der Waals surface area contributed by atoms with Gasteiger partial charge in [-0.1, -0.05) is 30.7 Å². The summed E-state index contributed by atoms with van der Waals surface area (Å²) in [4.78, 5) is 26.6. The van der Waals surface area contributed by atoms with Crippen LogP contribution in [-0.2, 0) is 4.79 Å². The van der Waals surface area contributed by atoms with Gasteiger partial charge in [-0.2, -0.15) is 0 Å². The molecule has 0 saturated carbocycles. The van der Waals surface area contributed by atoms with Crippen molar-refractivity contribution in [2.45, 2.75) is 25.3 Å². The molecule has 0 bridgehead atoms. The number of carbonyl (C=O) groups excluding carboxylic acids is 2. The number of hydrogen-bond acceptors (Lipinski definition) is 3. The average Bonchev–Trinajstić information content (AvgIpc) is 2.68. The first-order valence-corrected chi connectivity index (χ1v) is 8.62. The van der Waals surface area contributed by atoms with Gasteiger partial charge >= 0.3 is 0 Å². The normalized spacial score (nSPS) is 16.9. The van der Waals surface area contributed by atoms with Gasteiger partial charge < -0.3 is 15.5 Å². The molecular weight excluding hydrogens is 314 g/mol. The molecule has 1 heterocycles. The van der Waals surface area contributed by atoms with E-state index in [1.807, 2.05) is 30.3 Å². The molecule has 1 saturated heterocycles. The zero-order valence-corrected chi connectivity index (χ0v) is 14.4. The van der Waals surface area contributed by atoms with Gasteiger partial charge in [-0.15, -0.1) is 0 Å². The minimum Gasteiger partial charge on any atom is -0.325 e. The first kappa shape index (κ1) is 17.2. The van der Waals surface area contributed by atoms with Crippen LogP contribution < -0.4 is 15.5 Å². The van der Waals surface area contributed by atoms with E-state index in [4.69, 9.17) is 0 Å². The zero-order chi connectivity index (χ0) is 17.6. The van der Waals surface area contributed by atoms with Crippen molar-refractivity contribution in [3.05, 3.63) is 60.2 Å². The Morgan fingerprint density at radius 3 is 2.60 bits per heavy atom. The highest BCUT2D eigenvalue weighted by molar-refractivity contribution is 6.06. The van der Waals surface area contributed by atoms with Crippen LogP contribution in [0.15, 0.2) is 54.6 Å². The molecule has 1 aliphatic rings. The average molecular weight is 337 g/mol. The van der Waals surface area contributed by atoms with Crippen LogP contribution in [0.3, 0.4) is 0 Å². The second-order valence-electron chi connectivity index (χ2n) is 6.27. The molecule has 130 valence electrons. The third-order valence-electron chi connectivity index (χ3n) is 4.45. The lowest BCUT2D eigenvalue weighted by Gasteiger charge is -2.22. The summed E-state index contributed by atoms with van der Waals surface area (Å²) in [5.41, 5.74) is 2.01. The molecule has 5 nitrogen and oxygen atoms in total. The van der Waals surface area contributed by atoms with E-state index in [9.17, 15) is 9.59 Å². The van der Waals surface area contributed by atoms with Crippen LogP contribution in [0.4, 0.5) is 11.4 Å². The van der Waals surface area contributed by atoms with E-state index in [0.717, 1.165) is 31.5 Å². The van der Waals surface area contributed by atoms with E-state index in [2.05, 4.69) is 10.6 Å². The van der Waals surface area contributed by atoms with E-state index < -0.39 is 0 Å². The Bertz CT molecular complexity index is 740. The van der Waals surface area contributed by atoms with Gasteiger partial charge in [0.05, 0.1) is 6.04 Å². The molecule has 1 atom stereocenters. The van der Waals surface area contributed by atoms with Gasteiger partial charge in [0.1, 0.15) is 0 Å². The van der Waals surface area contributed by atoms with Crippen molar-refractivity contribution in [2.75, 3.05) is 23.8 Å². The molecule has 2 aromatic rings. The molecule has 3 rings (SSSR count). The molecule has 0 spiro atoms. The Kier molecular flexibility index (Phi) is 5.46. The number of piperidine rings is 1. The van der Waals surface area contributed by atoms with Crippen LogP contribution in [0.5, 0.6) is 0 Å². The third kappa shape index (κ3) is 4.25. The molecule has 0 aliphatic carbocycles. The topological polar surface area (TPSA) is 61.4 Å². The smallest absolute Gasteiger partial charge is 0.258 e. The van der Waals surface area contributed by atoms with Crippen molar-refractivity contribution >= 4 is 23.2 Å². The van der Waals surface area contributed by atoms with Crippen LogP contribution >= 0.6 is 0 Å². The maximum Gasteiger partial charge on any atom is 0.258 e. The number of rotatable bonds is 4. The van der Waals surface area contributed by atoms with E-state index in [1.165, 1.54) is 0 Å². The van der Waals surface area contributed by atoms with Crippen molar-refractivity contribution in [1.82, 2.24) is 5.32 Å².